The summed E-state index contributed by atoms with van der Waals surface area (Å²) in [6.45, 7) is 3.56. The van der Waals surface area contributed by atoms with Gasteiger partial charge in [0, 0.05) is 32.7 Å². The summed E-state index contributed by atoms with van der Waals surface area (Å²) in [6.07, 6.45) is 1.27. The molecule has 1 aromatic carbocycles. The number of carbonyl (C=O) groups is 2. The zero-order valence-electron chi connectivity index (χ0n) is 14.1. The van der Waals surface area contributed by atoms with Crippen LogP contribution in [0.2, 0.25) is 0 Å². The number of methoxy groups -OCH3 is 1. The smallest absolute Gasteiger partial charge is 0.414 e. The van der Waals surface area contributed by atoms with Gasteiger partial charge in [-0.25, -0.2) is 18.0 Å². The lowest BCUT2D eigenvalue weighted by Gasteiger charge is -2.33. The van der Waals surface area contributed by atoms with Gasteiger partial charge < -0.3 is 14.9 Å². The summed E-state index contributed by atoms with van der Waals surface area (Å²) in [4.78, 5) is 20.5. The van der Waals surface area contributed by atoms with Gasteiger partial charge in [0.15, 0.2) is 0 Å². The Morgan fingerprint density at radius 2 is 1.52 bits per heavy atom. The lowest BCUT2D eigenvalue weighted by Crippen LogP contribution is -2.47. The van der Waals surface area contributed by atoms with Gasteiger partial charge in [0.25, 0.3) is 0 Å². The number of hydrogen-bond acceptors (Lipinski definition) is 6. The highest BCUT2D eigenvalue weighted by atomic mass is 32.2. The van der Waals surface area contributed by atoms with Crippen molar-refractivity contribution in [2.45, 2.75) is 6.54 Å². The van der Waals surface area contributed by atoms with Crippen LogP contribution in [0.3, 0.4) is 0 Å². The van der Waals surface area contributed by atoms with Crippen molar-refractivity contribution >= 4 is 22.0 Å². The predicted octanol–water partition coefficient (Wildman–Crippen LogP) is -0.0720. The molecule has 0 bridgehead atoms. The van der Waals surface area contributed by atoms with Crippen LogP contribution in [0.15, 0.2) is 24.3 Å². The van der Waals surface area contributed by atoms with E-state index in [-0.39, 0.29) is 0 Å². The maximum atomic E-state index is 11.4. The van der Waals surface area contributed by atoms with Crippen molar-refractivity contribution in [3.63, 3.8) is 0 Å². The molecule has 0 spiro atoms. The molecule has 0 aliphatic carbocycles. The van der Waals surface area contributed by atoms with Crippen LogP contribution in [0.4, 0.5) is 0 Å². The van der Waals surface area contributed by atoms with E-state index in [1.807, 2.05) is 24.3 Å². The number of rotatable bonds is 4. The number of aliphatic carboxylic acids is 2. The Kier molecular flexibility index (Phi) is 7.81. The van der Waals surface area contributed by atoms with Gasteiger partial charge in [0.1, 0.15) is 5.75 Å². The van der Waals surface area contributed by atoms with Crippen LogP contribution in [0, 0.1) is 0 Å². The molecule has 1 aromatic rings. The molecule has 1 aliphatic rings. The first kappa shape index (κ1) is 20.9. The number of ether oxygens (including phenoxy) is 1. The lowest BCUT2D eigenvalue weighted by atomic mass is 10.2. The number of nitrogens with zero attached hydrogens (tertiary/aromatic N) is 2. The van der Waals surface area contributed by atoms with Gasteiger partial charge >= 0.3 is 11.9 Å². The molecule has 0 unspecified atom stereocenters. The molecular weight excluding hydrogens is 352 g/mol. The molecule has 25 heavy (non-hydrogen) atoms. The minimum absolute atomic E-state index is 0.578. The minimum atomic E-state index is -3.04. The number of hydrogen-bond donors (Lipinski definition) is 2. The van der Waals surface area contributed by atoms with E-state index in [9.17, 15) is 8.42 Å². The maximum absolute atomic E-state index is 11.4. The molecule has 1 aliphatic heterocycles. The molecule has 0 atom stereocenters. The van der Waals surface area contributed by atoms with Crippen LogP contribution in [0.5, 0.6) is 5.75 Å². The number of sulfonamides is 1. The van der Waals surface area contributed by atoms with Crippen LogP contribution in [0.1, 0.15) is 5.56 Å². The van der Waals surface area contributed by atoms with Gasteiger partial charge in [-0.3, -0.25) is 4.90 Å². The van der Waals surface area contributed by atoms with E-state index < -0.39 is 22.0 Å². The quantitative estimate of drug-likeness (QED) is 0.702. The Balaban J connectivity index is 0.000000450. The van der Waals surface area contributed by atoms with E-state index in [0.717, 1.165) is 25.4 Å². The predicted molar refractivity (Wildman–Crippen MR) is 90.0 cm³/mol. The van der Waals surface area contributed by atoms with Gasteiger partial charge in [-0.2, -0.15) is 4.31 Å². The molecule has 1 heterocycles. The Morgan fingerprint density at radius 3 is 1.88 bits per heavy atom. The van der Waals surface area contributed by atoms with Crippen LogP contribution in [-0.2, 0) is 26.2 Å². The Bertz CT molecular complexity index is 668. The fourth-order valence-electron chi connectivity index (χ4n) is 2.21. The highest BCUT2D eigenvalue weighted by Gasteiger charge is 2.23. The number of carboxylic acids is 2. The van der Waals surface area contributed by atoms with Crippen LogP contribution in [-0.4, -0.2) is 79.3 Å². The van der Waals surface area contributed by atoms with Crippen molar-refractivity contribution in [3.8, 4) is 5.75 Å². The highest BCUT2D eigenvalue weighted by Crippen LogP contribution is 2.14. The van der Waals surface area contributed by atoms with Crippen LogP contribution >= 0.6 is 0 Å². The fourth-order valence-corrected chi connectivity index (χ4v) is 3.04. The highest BCUT2D eigenvalue weighted by molar-refractivity contribution is 7.88. The Morgan fingerprint density at radius 1 is 1.04 bits per heavy atom. The van der Waals surface area contributed by atoms with Crippen molar-refractivity contribution in [2.75, 3.05) is 39.5 Å². The summed E-state index contributed by atoms with van der Waals surface area (Å²) in [7, 11) is -1.39. The average Bonchev–Trinajstić information content (AvgIpc) is 2.56. The molecule has 0 saturated carbocycles. The standard InChI is InChI=1S/C13H20N2O3S.C2H2O4/c1-18-13-5-3-12(4-6-13)11-14-7-9-15(10-8-14)19(2,16)17;3-1(4)2(5)6/h3-6H,7-11H2,1-2H3;(H,3,4)(H,5,6). The maximum Gasteiger partial charge on any atom is 0.414 e. The third-order valence-corrected chi connectivity index (χ3v) is 4.85. The summed E-state index contributed by atoms with van der Waals surface area (Å²) in [5.74, 6) is -2.80. The van der Waals surface area contributed by atoms with Crippen molar-refractivity contribution in [2.24, 2.45) is 0 Å². The molecule has 0 amide bonds. The molecule has 1 saturated heterocycles. The second kappa shape index (κ2) is 9.35. The normalized spacial score (nSPS) is 15.8. The first-order chi connectivity index (χ1) is 11.6. The topological polar surface area (TPSA) is 124 Å². The molecular formula is C15H22N2O7S. The summed E-state index contributed by atoms with van der Waals surface area (Å²) < 4.78 is 29.5. The van der Waals surface area contributed by atoms with Gasteiger partial charge in [-0.05, 0) is 17.7 Å². The van der Waals surface area contributed by atoms with E-state index >= 15 is 0 Å². The Labute approximate surface area is 146 Å². The van der Waals surface area contributed by atoms with Gasteiger partial charge in [-0.1, -0.05) is 12.1 Å². The number of carboxylic acid groups (broad SMARTS) is 2. The molecule has 0 aromatic heterocycles. The van der Waals surface area contributed by atoms with Crippen molar-refractivity contribution in [1.29, 1.82) is 0 Å². The van der Waals surface area contributed by atoms with Crippen molar-refractivity contribution in [1.82, 2.24) is 9.21 Å². The third kappa shape index (κ3) is 7.50. The molecule has 9 nitrogen and oxygen atoms in total. The molecule has 1 fully saturated rings. The summed E-state index contributed by atoms with van der Waals surface area (Å²) in [5, 5.41) is 14.8. The fraction of sp³-hybridized carbons (Fsp3) is 0.467. The summed E-state index contributed by atoms with van der Waals surface area (Å²) >= 11 is 0. The summed E-state index contributed by atoms with van der Waals surface area (Å²) in [6, 6.07) is 7.98. The second-order valence-corrected chi connectivity index (χ2v) is 7.38. The molecule has 2 N–H and O–H groups in total. The lowest BCUT2D eigenvalue weighted by molar-refractivity contribution is -0.159. The van der Waals surface area contributed by atoms with Crippen molar-refractivity contribution in [3.05, 3.63) is 29.8 Å². The van der Waals surface area contributed by atoms with E-state index in [4.69, 9.17) is 24.5 Å². The zero-order chi connectivity index (χ0) is 19.0. The summed E-state index contributed by atoms with van der Waals surface area (Å²) in [5.41, 5.74) is 1.22. The minimum Gasteiger partial charge on any atom is -0.497 e. The first-order valence-corrected chi connectivity index (χ1v) is 9.25. The zero-order valence-corrected chi connectivity index (χ0v) is 14.9. The molecule has 2 rings (SSSR count). The van der Waals surface area contributed by atoms with Crippen LogP contribution in [0.25, 0.3) is 0 Å². The first-order valence-electron chi connectivity index (χ1n) is 7.40. The Hall–Kier alpha value is -2.17. The SMILES string of the molecule is COc1ccc(CN2CCN(S(C)(=O)=O)CC2)cc1.O=C(O)C(=O)O. The van der Waals surface area contributed by atoms with Crippen LogP contribution < -0.4 is 4.74 Å². The average molecular weight is 374 g/mol. The molecule has 0 radical (unpaired) electrons. The van der Waals surface area contributed by atoms with Crippen molar-refractivity contribution < 1.29 is 33.0 Å². The van der Waals surface area contributed by atoms with Gasteiger partial charge in [0.2, 0.25) is 10.0 Å². The van der Waals surface area contributed by atoms with Gasteiger partial charge in [-0.15, -0.1) is 0 Å². The monoisotopic (exact) mass is 374 g/mol. The number of benzene rings is 1. The number of piperazine rings is 1. The molecule has 10 heteroatoms. The second-order valence-electron chi connectivity index (χ2n) is 5.40. The van der Waals surface area contributed by atoms with E-state index in [1.165, 1.54) is 16.1 Å². The van der Waals surface area contributed by atoms with E-state index in [0.29, 0.717) is 13.1 Å². The van der Waals surface area contributed by atoms with Gasteiger partial charge in [0.05, 0.1) is 13.4 Å². The van der Waals surface area contributed by atoms with E-state index in [2.05, 4.69) is 4.90 Å². The van der Waals surface area contributed by atoms with E-state index in [1.54, 1.807) is 7.11 Å². The third-order valence-electron chi connectivity index (χ3n) is 3.55. The largest absolute Gasteiger partial charge is 0.497 e. The molecule has 140 valence electrons.